The molecular weight excluding hydrogens is 160 g/mol. The molecule has 1 radical (unpaired) electrons. The van der Waals surface area contributed by atoms with Crippen molar-refractivity contribution < 1.29 is 4.74 Å². The molecule has 1 heterocycles. The van der Waals surface area contributed by atoms with Crippen molar-refractivity contribution in [3.05, 3.63) is 41.3 Å². The molecule has 0 saturated carbocycles. The van der Waals surface area contributed by atoms with Crippen LogP contribution >= 0.6 is 11.6 Å². The van der Waals surface area contributed by atoms with Crippen LogP contribution in [-0.4, -0.2) is 0 Å². The van der Waals surface area contributed by atoms with Crippen LogP contribution in [0.1, 0.15) is 17.2 Å². The Morgan fingerprint density at radius 3 is 3.09 bits per heavy atom. The van der Waals surface area contributed by atoms with Crippen molar-refractivity contribution in [2.75, 3.05) is 0 Å². The van der Waals surface area contributed by atoms with Crippen LogP contribution in [0, 0.1) is 6.92 Å². The van der Waals surface area contributed by atoms with Crippen molar-refractivity contribution in [2.45, 2.75) is 12.7 Å². The first kappa shape index (κ1) is 7.14. The summed E-state index contributed by atoms with van der Waals surface area (Å²) in [4.78, 5) is 0. The lowest BCUT2D eigenvalue weighted by atomic mass is 10.1. The van der Waals surface area contributed by atoms with E-state index >= 15 is 0 Å². The molecule has 0 saturated heterocycles. The van der Waals surface area contributed by atoms with Gasteiger partial charge < -0.3 is 4.74 Å². The van der Waals surface area contributed by atoms with E-state index in [4.69, 9.17) is 16.3 Å². The number of fused-ring (bicyclic) bond motifs is 1. The van der Waals surface area contributed by atoms with Crippen molar-refractivity contribution >= 4 is 11.6 Å². The van der Waals surface area contributed by atoms with E-state index in [9.17, 15) is 0 Å². The highest BCUT2D eigenvalue weighted by Gasteiger charge is 2.20. The van der Waals surface area contributed by atoms with Crippen molar-refractivity contribution in [3.63, 3.8) is 0 Å². The summed E-state index contributed by atoms with van der Waals surface area (Å²) < 4.78 is 5.31. The largest absolute Gasteiger partial charge is 0.369 e. The predicted octanol–water partition coefficient (Wildman–Crippen LogP) is 2.75. The Labute approximate surface area is 70.9 Å². The summed E-state index contributed by atoms with van der Waals surface area (Å²) >= 11 is 5.93. The minimum absolute atomic E-state index is 0.0382. The lowest BCUT2D eigenvalue weighted by Gasteiger charge is -2.01. The van der Waals surface area contributed by atoms with Crippen LogP contribution in [0.25, 0.3) is 0 Å². The average Bonchev–Trinajstić information content (AvgIpc) is 2.35. The highest BCUT2D eigenvalue weighted by atomic mass is 35.5. The molecule has 11 heavy (non-hydrogen) atoms. The van der Waals surface area contributed by atoms with E-state index in [-0.39, 0.29) is 6.10 Å². The lowest BCUT2D eigenvalue weighted by Crippen LogP contribution is -1.87. The maximum Gasteiger partial charge on any atom is 0.0834 e. The highest BCUT2D eigenvalue weighted by Crippen LogP contribution is 2.33. The average molecular weight is 168 g/mol. The number of halogens is 1. The Balaban J connectivity index is 2.57. The maximum atomic E-state index is 5.93. The zero-order valence-electron chi connectivity index (χ0n) is 6.01. The monoisotopic (exact) mass is 167 g/mol. The number of hydrogen-bond donors (Lipinski definition) is 0. The highest BCUT2D eigenvalue weighted by molar-refractivity contribution is 6.31. The molecular formula is C9H8ClO. The van der Waals surface area contributed by atoms with E-state index in [1.54, 1.807) is 0 Å². The van der Waals surface area contributed by atoms with E-state index in [1.165, 1.54) is 0 Å². The minimum Gasteiger partial charge on any atom is -0.369 e. The molecule has 1 atom stereocenters. The lowest BCUT2D eigenvalue weighted by molar-refractivity contribution is 0.0973. The first-order valence-electron chi connectivity index (χ1n) is 3.51. The van der Waals surface area contributed by atoms with E-state index in [0.717, 1.165) is 16.1 Å². The van der Waals surface area contributed by atoms with Gasteiger partial charge in [0.1, 0.15) is 0 Å². The molecule has 1 aromatic carbocycles. The zero-order chi connectivity index (χ0) is 7.84. The van der Waals surface area contributed by atoms with Gasteiger partial charge in [0.2, 0.25) is 0 Å². The number of rotatable bonds is 0. The van der Waals surface area contributed by atoms with Gasteiger partial charge in [-0.1, -0.05) is 23.7 Å². The molecule has 1 nitrogen and oxygen atoms in total. The Morgan fingerprint density at radius 1 is 1.55 bits per heavy atom. The third-order valence-electron chi connectivity index (χ3n) is 1.93. The second kappa shape index (κ2) is 2.50. The molecule has 1 aliphatic rings. The number of hydrogen-bond acceptors (Lipinski definition) is 1. The molecule has 2 rings (SSSR count). The summed E-state index contributed by atoms with van der Waals surface area (Å²) in [5.41, 5.74) is 2.21. The molecule has 0 aromatic heterocycles. The second-order valence-corrected chi connectivity index (χ2v) is 3.01. The topological polar surface area (TPSA) is 9.23 Å². The van der Waals surface area contributed by atoms with Crippen LogP contribution in [0.2, 0.25) is 5.02 Å². The van der Waals surface area contributed by atoms with Crippen LogP contribution in [-0.2, 0) is 11.3 Å². The zero-order valence-corrected chi connectivity index (χ0v) is 6.77. The van der Waals surface area contributed by atoms with Gasteiger partial charge in [-0.3, -0.25) is 0 Å². The Kier molecular flexibility index (Phi) is 1.63. The quantitative estimate of drug-likeness (QED) is 0.578. The SMILES string of the molecule is [CH2]C1OCc2c(Cl)cccc21. The van der Waals surface area contributed by atoms with Gasteiger partial charge in [-0.2, -0.15) is 0 Å². The molecule has 1 aliphatic heterocycles. The maximum absolute atomic E-state index is 5.93. The van der Waals surface area contributed by atoms with E-state index in [1.807, 2.05) is 18.2 Å². The van der Waals surface area contributed by atoms with Crippen LogP contribution in [0.15, 0.2) is 18.2 Å². The first-order valence-corrected chi connectivity index (χ1v) is 3.89. The fraction of sp³-hybridized carbons (Fsp3) is 0.222. The van der Waals surface area contributed by atoms with Gasteiger partial charge in [-0.05, 0) is 18.6 Å². The standard InChI is InChI=1S/C9H8ClO/c1-6-7-3-2-4-9(10)8(7)5-11-6/h2-4,6H,1,5H2. The molecule has 1 aromatic rings. The van der Waals surface area contributed by atoms with Crippen LogP contribution < -0.4 is 0 Å². The third-order valence-corrected chi connectivity index (χ3v) is 2.28. The van der Waals surface area contributed by atoms with Crippen molar-refractivity contribution in [3.8, 4) is 0 Å². The molecule has 2 heteroatoms. The van der Waals surface area contributed by atoms with Gasteiger partial charge in [-0.25, -0.2) is 0 Å². The number of ether oxygens (including phenoxy) is 1. The van der Waals surface area contributed by atoms with Gasteiger partial charge in [0.25, 0.3) is 0 Å². The van der Waals surface area contributed by atoms with E-state index < -0.39 is 0 Å². The van der Waals surface area contributed by atoms with Gasteiger partial charge in [0.15, 0.2) is 0 Å². The summed E-state index contributed by atoms with van der Waals surface area (Å²) in [7, 11) is 0. The molecule has 0 bridgehead atoms. The molecule has 1 unspecified atom stereocenters. The fourth-order valence-corrected chi connectivity index (χ4v) is 1.54. The fourth-order valence-electron chi connectivity index (χ4n) is 1.30. The number of benzene rings is 1. The van der Waals surface area contributed by atoms with Gasteiger partial charge in [0, 0.05) is 10.6 Å². The van der Waals surface area contributed by atoms with Crippen molar-refractivity contribution in [1.82, 2.24) is 0 Å². The first-order chi connectivity index (χ1) is 5.29. The van der Waals surface area contributed by atoms with Gasteiger partial charge >= 0.3 is 0 Å². The smallest absolute Gasteiger partial charge is 0.0834 e. The van der Waals surface area contributed by atoms with Crippen molar-refractivity contribution in [1.29, 1.82) is 0 Å². The molecule has 57 valence electrons. The molecule has 0 fully saturated rings. The van der Waals surface area contributed by atoms with E-state index in [0.29, 0.717) is 6.61 Å². The van der Waals surface area contributed by atoms with Gasteiger partial charge in [-0.15, -0.1) is 0 Å². The Hall–Kier alpha value is -0.530. The van der Waals surface area contributed by atoms with Crippen LogP contribution in [0.3, 0.4) is 0 Å². The molecule has 0 amide bonds. The van der Waals surface area contributed by atoms with Crippen LogP contribution in [0.5, 0.6) is 0 Å². The van der Waals surface area contributed by atoms with Crippen molar-refractivity contribution in [2.24, 2.45) is 0 Å². The summed E-state index contributed by atoms with van der Waals surface area (Å²) in [6.07, 6.45) is -0.0382. The summed E-state index contributed by atoms with van der Waals surface area (Å²) in [5.74, 6) is 0. The minimum atomic E-state index is -0.0382. The normalized spacial score (nSPS) is 21.8. The van der Waals surface area contributed by atoms with Gasteiger partial charge in [0.05, 0.1) is 12.7 Å². The Bertz CT molecular complexity index is 283. The Morgan fingerprint density at radius 2 is 2.36 bits per heavy atom. The summed E-state index contributed by atoms with van der Waals surface area (Å²) in [5, 5.41) is 0.786. The molecule has 0 aliphatic carbocycles. The predicted molar refractivity (Wildman–Crippen MR) is 44.3 cm³/mol. The molecule has 0 N–H and O–H groups in total. The second-order valence-electron chi connectivity index (χ2n) is 2.61. The third kappa shape index (κ3) is 1.05. The molecule has 0 spiro atoms. The van der Waals surface area contributed by atoms with Crippen LogP contribution in [0.4, 0.5) is 0 Å². The van der Waals surface area contributed by atoms with E-state index in [2.05, 4.69) is 6.92 Å². The summed E-state index contributed by atoms with van der Waals surface area (Å²) in [6.45, 7) is 4.44. The summed E-state index contributed by atoms with van der Waals surface area (Å²) in [6, 6.07) is 5.81.